The van der Waals surface area contributed by atoms with Crippen LogP contribution in [0.1, 0.15) is 30.4 Å². The third-order valence-corrected chi connectivity index (χ3v) is 5.62. The lowest BCUT2D eigenvalue weighted by Crippen LogP contribution is -2.39. The molecule has 0 unspecified atom stereocenters. The minimum Gasteiger partial charge on any atom is -0.378 e. The zero-order valence-corrected chi connectivity index (χ0v) is 21.3. The van der Waals surface area contributed by atoms with Gasteiger partial charge in [-0.05, 0) is 42.9 Å². The number of likely N-dealkylation sites (tertiary alicyclic amines) is 1. The van der Waals surface area contributed by atoms with Crippen molar-refractivity contribution in [2.75, 3.05) is 39.8 Å². The maximum atomic E-state index is 13.7. The molecule has 0 atom stereocenters. The molecule has 0 spiro atoms. The Morgan fingerprint density at radius 1 is 1.03 bits per heavy atom. The van der Waals surface area contributed by atoms with Crippen LogP contribution >= 0.6 is 24.0 Å². The van der Waals surface area contributed by atoms with Crippen LogP contribution in [0.15, 0.2) is 59.6 Å². The van der Waals surface area contributed by atoms with Gasteiger partial charge < -0.3 is 15.4 Å². The Morgan fingerprint density at radius 2 is 1.72 bits per heavy atom. The second-order valence-electron chi connectivity index (χ2n) is 7.95. The first-order chi connectivity index (χ1) is 15.2. The van der Waals surface area contributed by atoms with Gasteiger partial charge in [0, 0.05) is 46.4 Å². The Balaban J connectivity index is 0.00000363. The summed E-state index contributed by atoms with van der Waals surface area (Å²) in [6, 6.07) is 17.5. The topological polar surface area (TPSA) is 48.9 Å². The highest BCUT2D eigenvalue weighted by molar-refractivity contribution is 14.0. The van der Waals surface area contributed by atoms with Gasteiger partial charge in [0.05, 0.1) is 6.10 Å². The molecule has 1 aliphatic heterocycles. The summed E-state index contributed by atoms with van der Waals surface area (Å²) in [6.45, 7) is 5.40. The molecular formula is C25H36FIN4O. The quantitative estimate of drug-likeness (QED) is 0.200. The van der Waals surface area contributed by atoms with Crippen molar-refractivity contribution in [2.24, 2.45) is 4.99 Å². The van der Waals surface area contributed by atoms with Gasteiger partial charge in [-0.25, -0.2) is 4.39 Å². The number of ether oxygens (including phenoxy) is 1. The van der Waals surface area contributed by atoms with E-state index in [1.807, 2.05) is 12.1 Å². The molecule has 0 saturated carbocycles. The van der Waals surface area contributed by atoms with Gasteiger partial charge in [-0.15, -0.1) is 24.0 Å². The van der Waals surface area contributed by atoms with E-state index in [9.17, 15) is 4.39 Å². The van der Waals surface area contributed by atoms with Gasteiger partial charge >= 0.3 is 0 Å². The summed E-state index contributed by atoms with van der Waals surface area (Å²) in [5.74, 6) is 0.584. The molecule has 2 aromatic carbocycles. The van der Waals surface area contributed by atoms with Crippen LogP contribution in [0.5, 0.6) is 0 Å². The largest absolute Gasteiger partial charge is 0.378 e. The molecule has 1 aliphatic rings. The molecular weight excluding hydrogens is 518 g/mol. The van der Waals surface area contributed by atoms with E-state index in [1.165, 1.54) is 11.6 Å². The van der Waals surface area contributed by atoms with Crippen LogP contribution in [0.4, 0.5) is 4.39 Å². The molecule has 0 radical (unpaired) electrons. The lowest BCUT2D eigenvalue weighted by Gasteiger charge is -2.32. The van der Waals surface area contributed by atoms with Crippen molar-refractivity contribution in [3.05, 3.63) is 71.5 Å². The number of rotatable bonds is 10. The molecule has 5 nitrogen and oxygen atoms in total. The van der Waals surface area contributed by atoms with Crippen molar-refractivity contribution >= 4 is 29.9 Å². The van der Waals surface area contributed by atoms with E-state index < -0.39 is 0 Å². The highest BCUT2D eigenvalue weighted by atomic mass is 127. The normalized spacial score (nSPS) is 15.2. The van der Waals surface area contributed by atoms with E-state index in [-0.39, 0.29) is 29.8 Å². The first kappa shape index (κ1) is 26.5. The number of hydrogen-bond acceptors (Lipinski definition) is 3. The Hall–Kier alpha value is -1.71. The SMILES string of the molecule is CN=C(NCCCOC1CCN(Cc2ccccc2)CC1)NCCc1ccccc1F.I. The van der Waals surface area contributed by atoms with Crippen molar-refractivity contribution in [1.29, 1.82) is 0 Å². The van der Waals surface area contributed by atoms with E-state index in [0.717, 1.165) is 58.0 Å². The summed E-state index contributed by atoms with van der Waals surface area (Å²) in [4.78, 5) is 6.73. The fraction of sp³-hybridized carbons (Fsp3) is 0.480. The maximum Gasteiger partial charge on any atom is 0.190 e. The Labute approximate surface area is 208 Å². The third-order valence-electron chi connectivity index (χ3n) is 5.62. The highest BCUT2D eigenvalue weighted by Gasteiger charge is 2.19. The minimum absolute atomic E-state index is 0. The molecule has 176 valence electrons. The second kappa shape index (κ2) is 15.2. The Morgan fingerprint density at radius 3 is 2.44 bits per heavy atom. The van der Waals surface area contributed by atoms with Gasteiger partial charge in [-0.2, -0.15) is 0 Å². The third kappa shape index (κ3) is 9.42. The fourth-order valence-electron chi connectivity index (χ4n) is 3.84. The number of piperidine rings is 1. The number of benzene rings is 2. The number of halogens is 2. The van der Waals surface area contributed by atoms with Crippen LogP contribution < -0.4 is 10.6 Å². The average Bonchev–Trinajstić information content (AvgIpc) is 2.80. The van der Waals surface area contributed by atoms with Crippen molar-refractivity contribution in [2.45, 2.75) is 38.3 Å². The number of hydrogen-bond donors (Lipinski definition) is 2. The van der Waals surface area contributed by atoms with Gasteiger partial charge in [0.2, 0.25) is 0 Å². The van der Waals surface area contributed by atoms with Crippen LogP contribution in [0.2, 0.25) is 0 Å². The molecule has 2 N–H and O–H groups in total. The number of guanidine groups is 1. The lowest BCUT2D eigenvalue weighted by atomic mass is 10.1. The number of nitrogens with zero attached hydrogens (tertiary/aromatic N) is 2. The molecule has 1 fully saturated rings. The van der Waals surface area contributed by atoms with E-state index in [1.54, 1.807) is 13.1 Å². The van der Waals surface area contributed by atoms with E-state index in [2.05, 4.69) is 50.9 Å². The predicted octanol–water partition coefficient (Wildman–Crippen LogP) is 4.22. The second-order valence-corrected chi connectivity index (χ2v) is 7.95. The molecule has 3 rings (SSSR count). The molecule has 0 aromatic heterocycles. The molecule has 32 heavy (non-hydrogen) atoms. The van der Waals surface area contributed by atoms with Crippen molar-refractivity contribution in [3.63, 3.8) is 0 Å². The summed E-state index contributed by atoms with van der Waals surface area (Å²) in [5, 5.41) is 6.54. The minimum atomic E-state index is -0.157. The average molecular weight is 554 g/mol. The first-order valence-corrected chi connectivity index (χ1v) is 11.3. The molecule has 1 saturated heterocycles. The number of nitrogens with one attached hydrogen (secondary N) is 2. The van der Waals surface area contributed by atoms with E-state index in [0.29, 0.717) is 24.6 Å². The summed E-state index contributed by atoms with van der Waals surface area (Å²) in [6.07, 6.45) is 4.11. The van der Waals surface area contributed by atoms with E-state index in [4.69, 9.17) is 4.74 Å². The fourth-order valence-corrected chi connectivity index (χ4v) is 3.84. The lowest BCUT2D eigenvalue weighted by molar-refractivity contribution is 0.00534. The zero-order chi connectivity index (χ0) is 21.7. The molecule has 7 heteroatoms. The van der Waals surface area contributed by atoms with Gasteiger partial charge in [-0.3, -0.25) is 9.89 Å². The van der Waals surface area contributed by atoms with Gasteiger partial charge in [0.1, 0.15) is 5.82 Å². The van der Waals surface area contributed by atoms with Crippen molar-refractivity contribution in [1.82, 2.24) is 15.5 Å². The van der Waals surface area contributed by atoms with Crippen LogP contribution in [0.3, 0.4) is 0 Å². The zero-order valence-electron chi connectivity index (χ0n) is 18.9. The predicted molar refractivity (Wildman–Crippen MR) is 140 cm³/mol. The van der Waals surface area contributed by atoms with Gasteiger partial charge in [-0.1, -0.05) is 48.5 Å². The molecule has 1 heterocycles. The molecule has 2 aromatic rings. The monoisotopic (exact) mass is 554 g/mol. The van der Waals surface area contributed by atoms with Crippen LogP contribution in [-0.2, 0) is 17.7 Å². The van der Waals surface area contributed by atoms with Crippen LogP contribution in [0, 0.1) is 5.82 Å². The standard InChI is InChI=1S/C25H35FN4O.HI/c1-27-25(29-16-12-22-10-5-6-11-24(22)26)28-15-7-19-31-23-13-17-30(18-14-23)20-21-8-3-2-4-9-21;/h2-6,8-11,23H,7,12-20H2,1H3,(H2,27,28,29);1H. The molecule has 0 bridgehead atoms. The molecule has 0 aliphatic carbocycles. The smallest absolute Gasteiger partial charge is 0.190 e. The first-order valence-electron chi connectivity index (χ1n) is 11.3. The Kier molecular flexibility index (Phi) is 12.6. The van der Waals surface area contributed by atoms with Crippen molar-refractivity contribution in [3.8, 4) is 0 Å². The molecule has 0 amide bonds. The summed E-state index contributed by atoms with van der Waals surface area (Å²) in [7, 11) is 1.75. The maximum absolute atomic E-state index is 13.7. The highest BCUT2D eigenvalue weighted by Crippen LogP contribution is 2.16. The van der Waals surface area contributed by atoms with Gasteiger partial charge in [0.15, 0.2) is 5.96 Å². The summed E-state index contributed by atoms with van der Waals surface area (Å²) >= 11 is 0. The summed E-state index contributed by atoms with van der Waals surface area (Å²) in [5.41, 5.74) is 2.09. The summed E-state index contributed by atoms with van der Waals surface area (Å²) < 4.78 is 19.7. The van der Waals surface area contributed by atoms with Gasteiger partial charge in [0.25, 0.3) is 0 Å². The Bertz CT molecular complexity index is 798. The van der Waals surface area contributed by atoms with Crippen LogP contribution in [0.25, 0.3) is 0 Å². The van der Waals surface area contributed by atoms with Crippen LogP contribution in [-0.4, -0.2) is 56.8 Å². The number of aliphatic imine (C=N–C) groups is 1. The van der Waals surface area contributed by atoms with E-state index >= 15 is 0 Å². The van der Waals surface area contributed by atoms with Crippen molar-refractivity contribution < 1.29 is 9.13 Å².